The van der Waals surface area contributed by atoms with Gasteiger partial charge in [-0.2, -0.15) is 0 Å². The summed E-state index contributed by atoms with van der Waals surface area (Å²) in [4.78, 5) is 25.9. The van der Waals surface area contributed by atoms with Crippen molar-refractivity contribution < 1.29 is 9.59 Å². The Morgan fingerprint density at radius 2 is 1.93 bits per heavy atom. The molecule has 0 aliphatic carbocycles. The molecular formula is C21H24N4O2S3. The van der Waals surface area contributed by atoms with Crippen molar-refractivity contribution in [3.8, 4) is 0 Å². The number of aryl methyl sites for hydroxylation is 1. The number of nitrogens with one attached hydrogen (secondary N) is 2. The molecule has 1 aromatic carbocycles. The number of amides is 2. The number of thiophene rings is 1. The second-order valence-electron chi connectivity index (χ2n) is 7.07. The Morgan fingerprint density at radius 1 is 1.13 bits per heavy atom. The van der Waals surface area contributed by atoms with E-state index in [1.165, 1.54) is 23.1 Å². The number of carbonyl (C=O) groups excluding carboxylic acids is 2. The molecule has 0 radical (unpaired) electrons. The highest BCUT2D eigenvalue weighted by Gasteiger charge is 2.19. The van der Waals surface area contributed by atoms with Crippen LogP contribution < -0.4 is 10.6 Å². The monoisotopic (exact) mass is 460 g/mol. The smallest absolute Gasteiger partial charge is 0.286 e. The molecule has 158 valence electrons. The zero-order valence-corrected chi connectivity index (χ0v) is 19.5. The number of anilines is 1. The highest BCUT2D eigenvalue weighted by atomic mass is 32.2. The van der Waals surface area contributed by atoms with Gasteiger partial charge in [0.2, 0.25) is 10.9 Å². The molecule has 2 amide bonds. The molecule has 0 unspecified atom stereocenters. The van der Waals surface area contributed by atoms with Crippen molar-refractivity contribution in [2.75, 3.05) is 11.1 Å². The molecule has 3 rings (SSSR count). The fraction of sp³-hybridized carbons (Fsp3) is 0.333. The fourth-order valence-electron chi connectivity index (χ4n) is 2.77. The van der Waals surface area contributed by atoms with Crippen molar-refractivity contribution in [2.24, 2.45) is 5.92 Å². The van der Waals surface area contributed by atoms with Gasteiger partial charge in [-0.25, -0.2) is 0 Å². The van der Waals surface area contributed by atoms with Gasteiger partial charge in [0.15, 0.2) is 0 Å². The van der Waals surface area contributed by atoms with Crippen molar-refractivity contribution in [1.82, 2.24) is 15.5 Å². The van der Waals surface area contributed by atoms with Gasteiger partial charge in [-0.3, -0.25) is 9.59 Å². The molecule has 0 spiro atoms. The number of rotatable bonds is 9. The van der Waals surface area contributed by atoms with E-state index in [0.29, 0.717) is 22.4 Å². The van der Waals surface area contributed by atoms with E-state index in [-0.39, 0.29) is 17.9 Å². The van der Waals surface area contributed by atoms with Crippen LogP contribution in [0.1, 0.15) is 45.1 Å². The molecule has 0 fully saturated rings. The zero-order valence-electron chi connectivity index (χ0n) is 17.0. The molecule has 0 bridgehead atoms. The molecule has 2 heterocycles. The average Bonchev–Trinajstić information content (AvgIpc) is 3.40. The van der Waals surface area contributed by atoms with Gasteiger partial charge in [-0.15, -0.1) is 33.3 Å². The molecular weight excluding hydrogens is 436 g/mol. The third-order valence-corrected chi connectivity index (χ3v) is 7.35. The Bertz CT molecular complexity index is 986. The first-order chi connectivity index (χ1) is 14.4. The van der Waals surface area contributed by atoms with Gasteiger partial charge in [0, 0.05) is 16.3 Å². The predicted octanol–water partition coefficient (Wildman–Crippen LogP) is 4.91. The van der Waals surface area contributed by atoms with Crippen LogP contribution in [-0.4, -0.2) is 27.8 Å². The SMILES string of the molecule is Cc1ccccc1NC(=O)c1nnc(CSCC(=O)N[C@@H](c2cccs2)C(C)C)s1. The minimum Gasteiger partial charge on any atom is -0.348 e. The normalized spacial score (nSPS) is 12.0. The summed E-state index contributed by atoms with van der Waals surface area (Å²) in [6, 6.07) is 11.7. The van der Waals surface area contributed by atoms with E-state index in [1.807, 2.05) is 48.7 Å². The number of thioether (sulfide) groups is 1. The Morgan fingerprint density at radius 3 is 2.63 bits per heavy atom. The zero-order chi connectivity index (χ0) is 21.5. The molecule has 30 heavy (non-hydrogen) atoms. The summed E-state index contributed by atoms with van der Waals surface area (Å²) in [7, 11) is 0. The summed E-state index contributed by atoms with van der Waals surface area (Å²) in [5, 5.41) is 17.1. The van der Waals surface area contributed by atoms with Gasteiger partial charge in [0.1, 0.15) is 5.01 Å². The summed E-state index contributed by atoms with van der Waals surface area (Å²) < 4.78 is 0. The average molecular weight is 461 g/mol. The summed E-state index contributed by atoms with van der Waals surface area (Å²) in [6.45, 7) is 6.14. The summed E-state index contributed by atoms with van der Waals surface area (Å²) >= 11 is 4.37. The third-order valence-electron chi connectivity index (χ3n) is 4.35. The molecule has 2 N–H and O–H groups in total. The van der Waals surface area contributed by atoms with Crippen LogP contribution in [0, 0.1) is 12.8 Å². The van der Waals surface area contributed by atoms with E-state index in [9.17, 15) is 9.59 Å². The van der Waals surface area contributed by atoms with E-state index >= 15 is 0 Å². The lowest BCUT2D eigenvalue weighted by molar-refractivity contribution is -0.119. The standard InChI is InChI=1S/C21H24N4O2S3/c1-13(2)19(16-9-6-10-29-16)23-17(26)11-28-12-18-24-25-21(30-18)20(27)22-15-8-5-4-7-14(15)3/h4-10,13,19H,11-12H2,1-3H3,(H,22,27)(H,23,26)/t19-/m1/s1. The first kappa shape index (κ1) is 22.5. The van der Waals surface area contributed by atoms with Crippen LogP contribution in [-0.2, 0) is 10.5 Å². The number of aromatic nitrogens is 2. The lowest BCUT2D eigenvalue weighted by Gasteiger charge is -2.21. The molecule has 0 aliphatic rings. The van der Waals surface area contributed by atoms with Crippen LogP contribution in [0.15, 0.2) is 41.8 Å². The molecule has 0 saturated carbocycles. The number of hydrogen-bond acceptors (Lipinski definition) is 7. The summed E-state index contributed by atoms with van der Waals surface area (Å²) in [6.07, 6.45) is 0. The minimum atomic E-state index is -0.272. The molecule has 1 atom stereocenters. The molecule has 3 aromatic rings. The number of para-hydroxylation sites is 1. The van der Waals surface area contributed by atoms with E-state index in [1.54, 1.807) is 11.3 Å². The lowest BCUT2D eigenvalue weighted by atomic mass is 10.0. The second kappa shape index (κ2) is 10.7. The molecule has 0 aliphatic heterocycles. The first-order valence-electron chi connectivity index (χ1n) is 9.54. The molecule has 6 nitrogen and oxygen atoms in total. The van der Waals surface area contributed by atoms with Gasteiger partial charge >= 0.3 is 0 Å². The molecule has 0 saturated heterocycles. The topological polar surface area (TPSA) is 84.0 Å². The number of hydrogen-bond donors (Lipinski definition) is 2. The maximum absolute atomic E-state index is 12.4. The summed E-state index contributed by atoms with van der Waals surface area (Å²) in [5.74, 6) is 0.906. The summed E-state index contributed by atoms with van der Waals surface area (Å²) in [5.41, 5.74) is 1.75. The van der Waals surface area contributed by atoms with E-state index in [0.717, 1.165) is 21.1 Å². The van der Waals surface area contributed by atoms with E-state index in [2.05, 4.69) is 34.7 Å². The van der Waals surface area contributed by atoms with Gasteiger partial charge < -0.3 is 10.6 Å². The Kier molecular flexibility index (Phi) is 8.01. The van der Waals surface area contributed by atoms with Crippen LogP contribution in [0.2, 0.25) is 0 Å². The fourth-order valence-corrected chi connectivity index (χ4v) is 5.34. The largest absolute Gasteiger partial charge is 0.348 e. The third kappa shape index (κ3) is 6.13. The highest BCUT2D eigenvalue weighted by molar-refractivity contribution is 7.99. The Hall–Kier alpha value is -2.23. The quantitative estimate of drug-likeness (QED) is 0.474. The highest BCUT2D eigenvalue weighted by Crippen LogP contribution is 2.26. The van der Waals surface area contributed by atoms with Crippen LogP contribution >= 0.6 is 34.4 Å². The van der Waals surface area contributed by atoms with Crippen molar-refractivity contribution in [1.29, 1.82) is 0 Å². The molecule has 9 heteroatoms. The predicted molar refractivity (Wildman–Crippen MR) is 125 cm³/mol. The van der Waals surface area contributed by atoms with Crippen LogP contribution in [0.5, 0.6) is 0 Å². The maximum atomic E-state index is 12.4. The Labute approximate surface area is 188 Å². The Balaban J connectivity index is 1.47. The molecule has 2 aromatic heterocycles. The number of carbonyl (C=O) groups is 2. The van der Waals surface area contributed by atoms with Crippen LogP contribution in [0.25, 0.3) is 0 Å². The minimum absolute atomic E-state index is 0.00543. The maximum Gasteiger partial charge on any atom is 0.286 e. The van der Waals surface area contributed by atoms with Crippen LogP contribution in [0.4, 0.5) is 5.69 Å². The second-order valence-corrected chi connectivity index (χ2v) is 10.1. The first-order valence-corrected chi connectivity index (χ1v) is 12.4. The number of nitrogens with zero attached hydrogens (tertiary/aromatic N) is 2. The van der Waals surface area contributed by atoms with Gasteiger partial charge in [-0.1, -0.05) is 49.4 Å². The van der Waals surface area contributed by atoms with E-state index < -0.39 is 0 Å². The van der Waals surface area contributed by atoms with E-state index in [4.69, 9.17) is 0 Å². The van der Waals surface area contributed by atoms with Crippen molar-refractivity contribution in [3.63, 3.8) is 0 Å². The van der Waals surface area contributed by atoms with Gasteiger partial charge in [-0.05, 0) is 35.9 Å². The van der Waals surface area contributed by atoms with Gasteiger partial charge in [0.05, 0.1) is 11.8 Å². The van der Waals surface area contributed by atoms with Crippen molar-refractivity contribution >= 4 is 51.9 Å². The number of benzene rings is 1. The van der Waals surface area contributed by atoms with Crippen LogP contribution in [0.3, 0.4) is 0 Å². The van der Waals surface area contributed by atoms with Crippen molar-refractivity contribution in [2.45, 2.75) is 32.6 Å². The van der Waals surface area contributed by atoms with Crippen molar-refractivity contribution in [3.05, 3.63) is 62.2 Å². The van der Waals surface area contributed by atoms with Gasteiger partial charge in [0.25, 0.3) is 5.91 Å². The lowest BCUT2D eigenvalue weighted by Crippen LogP contribution is -2.32.